The molecule has 3 heteroatoms. The minimum absolute atomic E-state index is 0.346. The molecule has 16 heavy (non-hydrogen) atoms. The summed E-state index contributed by atoms with van der Waals surface area (Å²) in [4.78, 5) is 0. The summed E-state index contributed by atoms with van der Waals surface area (Å²) in [6.45, 7) is 9.28. The van der Waals surface area contributed by atoms with Crippen LogP contribution in [0.5, 0.6) is 0 Å². The SMILES string of the molecule is C=CCCC(C)NCCOCC1CCCO1. The highest BCUT2D eigenvalue weighted by molar-refractivity contribution is 4.71. The van der Waals surface area contributed by atoms with Gasteiger partial charge in [0.05, 0.1) is 19.3 Å². The Hall–Kier alpha value is -0.380. The predicted octanol–water partition coefficient (Wildman–Crippen LogP) is 2.13. The summed E-state index contributed by atoms with van der Waals surface area (Å²) in [5.41, 5.74) is 0. The lowest BCUT2D eigenvalue weighted by molar-refractivity contribution is 0.0179. The van der Waals surface area contributed by atoms with Gasteiger partial charge in [-0.1, -0.05) is 6.08 Å². The first kappa shape index (κ1) is 13.7. The highest BCUT2D eigenvalue weighted by Crippen LogP contribution is 2.11. The third kappa shape index (κ3) is 6.26. The highest BCUT2D eigenvalue weighted by Gasteiger charge is 2.14. The molecule has 0 amide bonds. The fourth-order valence-corrected chi connectivity index (χ4v) is 1.84. The lowest BCUT2D eigenvalue weighted by Gasteiger charge is -2.14. The lowest BCUT2D eigenvalue weighted by atomic mass is 10.2. The number of ether oxygens (including phenoxy) is 2. The van der Waals surface area contributed by atoms with E-state index in [2.05, 4.69) is 18.8 Å². The van der Waals surface area contributed by atoms with Gasteiger partial charge in [-0.05, 0) is 32.6 Å². The second-order valence-electron chi connectivity index (χ2n) is 4.43. The Kier molecular flexibility index (Phi) is 7.47. The van der Waals surface area contributed by atoms with E-state index in [9.17, 15) is 0 Å². The van der Waals surface area contributed by atoms with Crippen molar-refractivity contribution < 1.29 is 9.47 Å². The molecule has 1 rings (SSSR count). The third-order valence-electron chi connectivity index (χ3n) is 2.87. The monoisotopic (exact) mass is 227 g/mol. The van der Waals surface area contributed by atoms with Crippen molar-refractivity contribution in [3.8, 4) is 0 Å². The van der Waals surface area contributed by atoms with Crippen LogP contribution in [0.1, 0.15) is 32.6 Å². The molecule has 0 aromatic rings. The fourth-order valence-electron chi connectivity index (χ4n) is 1.84. The van der Waals surface area contributed by atoms with Crippen molar-refractivity contribution >= 4 is 0 Å². The fraction of sp³-hybridized carbons (Fsp3) is 0.846. The molecule has 0 aliphatic carbocycles. The lowest BCUT2D eigenvalue weighted by Crippen LogP contribution is -2.30. The van der Waals surface area contributed by atoms with Crippen LogP contribution in [-0.4, -0.2) is 38.5 Å². The molecule has 1 aliphatic rings. The Morgan fingerprint density at radius 3 is 3.19 bits per heavy atom. The van der Waals surface area contributed by atoms with Crippen LogP contribution < -0.4 is 5.32 Å². The molecule has 1 fully saturated rings. The van der Waals surface area contributed by atoms with E-state index in [4.69, 9.17) is 9.47 Å². The van der Waals surface area contributed by atoms with Gasteiger partial charge in [0.25, 0.3) is 0 Å². The Labute approximate surface area is 99.2 Å². The zero-order valence-electron chi connectivity index (χ0n) is 10.4. The number of nitrogens with one attached hydrogen (secondary N) is 1. The zero-order valence-corrected chi connectivity index (χ0v) is 10.4. The van der Waals surface area contributed by atoms with E-state index in [1.54, 1.807) is 0 Å². The molecule has 94 valence electrons. The molecule has 0 aromatic carbocycles. The van der Waals surface area contributed by atoms with E-state index in [0.29, 0.717) is 12.1 Å². The number of hydrogen-bond acceptors (Lipinski definition) is 3. The van der Waals surface area contributed by atoms with Crippen molar-refractivity contribution in [2.24, 2.45) is 0 Å². The molecule has 3 nitrogen and oxygen atoms in total. The van der Waals surface area contributed by atoms with Gasteiger partial charge in [-0.3, -0.25) is 0 Å². The van der Waals surface area contributed by atoms with Crippen LogP contribution >= 0.6 is 0 Å². The molecule has 0 radical (unpaired) electrons. The maximum atomic E-state index is 5.56. The summed E-state index contributed by atoms with van der Waals surface area (Å²) in [6, 6.07) is 0.546. The summed E-state index contributed by atoms with van der Waals surface area (Å²) >= 11 is 0. The van der Waals surface area contributed by atoms with E-state index in [1.807, 2.05) is 6.08 Å². The number of allylic oxidation sites excluding steroid dienone is 1. The van der Waals surface area contributed by atoms with Gasteiger partial charge >= 0.3 is 0 Å². The predicted molar refractivity (Wildman–Crippen MR) is 66.7 cm³/mol. The third-order valence-corrected chi connectivity index (χ3v) is 2.87. The van der Waals surface area contributed by atoms with Crippen molar-refractivity contribution in [2.75, 3.05) is 26.4 Å². The second kappa shape index (κ2) is 8.74. The van der Waals surface area contributed by atoms with Gasteiger partial charge in [0.1, 0.15) is 0 Å². The van der Waals surface area contributed by atoms with Gasteiger partial charge < -0.3 is 14.8 Å². The number of hydrogen-bond donors (Lipinski definition) is 1. The first-order valence-electron chi connectivity index (χ1n) is 6.36. The molecular weight excluding hydrogens is 202 g/mol. The van der Waals surface area contributed by atoms with Gasteiger partial charge in [-0.25, -0.2) is 0 Å². The molecule has 1 aliphatic heterocycles. The van der Waals surface area contributed by atoms with Crippen molar-refractivity contribution in [2.45, 2.75) is 44.8 Å². The maximum Gasteiger partial charge on any atom is 0.0809 e. The van der Waals surface area contributed by atoms with Crippen molar-refractivity contribution in [1.82, 2.24) is 5.32 Å². The molecule has 0 aromatic heterocycles. The Bertz CT molecular complexity index is 179. The van der Waals surface area contributed by atoms with E-state index in [0.717, 1.165) is 45.6 Å². The maximum absolute atomic E-state index is 5.56. The van der Waals surface area contributed by atoms with Crippen LogP contribution in [-0.2, 0) is 9.47 Å². The summed E-state index contributed by atoms with van der Waals surface area (Å²) < 4.78 is 11.0. The average Bonchev–Trinajstić information content (AvgIpc) is 2.79. The highest BCUT2D eigenvalue weighted by atomic mass is 16.5. The molecule has 2 atom stereocenters. The van der Waals surface area contributed by atoms with Crippen LogP contribution in [0.2, 0.25) is 0 Å². The van der Waals surface area contributed by atoms with E-state index < -0.39 is 0 Å². The van der Waals surface area contributed by atoms with Crippen LogP contribution in [0.25, 0.3) is 0 Å². The molecular formula is C13H25NO2. The van der Waals surface area contributed by atoms with Gasteiger partial charge in [0.15, 0.2) is 0 Å². The number of rotatable bonds is 9. The second-order valence-corrected chi connectivity index (χ2v) is 4.43. The Morgan fingerprint density at radius 2 is 2.50 bits per heavy atom. The molecule has 0 spiro atoms. The van der Waals surface area contributed by atoms with Crippen molar-refractivity contribution in [1.29, 1.82) is 0 Å². The topological polar surface area (TPSA) is 30.5 Å². The molecule has 1 N–H and O–H groups in total. The van der Waals surface area contributed by atoms with Crippen LogP contribution in [0.3, 0.4) is 0 Å². The molecule has 1 heterocycles. The zero-order chi connectivity index (χ0) is 11.6. The van der Waals surface area contributed by atoms with Crippen molar-refractivity contribution in [3.63, 3.8) is 0 Å². The van der Waals surface area contributed by atoms with Gasteiger partial charge in [0.2, 0.25) is 0 Å². The Morgan fingerprint density at radius 1 is 1.62 bits per heavy atom. The standard InChI is InChI=1S/C13H25NO2/c1-3-4-6-12(2)14-8-10-15-11-13-7-5-9-16-13/h3,12-14H,1,4-11H2,2H3. The average molecular weight is 227 g/mol. The largest absolute Gasteiger partial charge is 0.377 e. The van der Waals surface area contributed by atoms with Crippen LogP contribution in [0.4, 0.5) is 0 Å². The quantitative estimate of drug-likeness (QED) is 0.483. The normalized spacial score (nSPS) is 22.2. The smallest absolute Gasteiger partial charge is 0.0809 e. The van der Waals surface area contributed by atoms with E-state index in [1.165, 1.54) is 6.42 Å². The first-order chi connectivity index (χ1) is 7.83. The van der Waals surface area contributed by atoms with Crippen molar-refractivity contribution in [3.05, 3.63) is 12.7 Å². The summed E-state index contributed by atoms with van der Waals surface area (Å²) in [7, 11) is 0. The minimum Gasteiger partial charge on any atom is -0.377 e. The molecule has 0 saturated carbocycles. The van der Waals surface area contributed by atoms with Gasteiger partial charge in [0, 0.05) is 19.2 Å². The molecule has 0 bridgehead atoms. The van der Waals surface area contributed by atoms with E-state index in [-0.39, 0.29) is 0 Å². The summed E-state index contributed by atoms with van der Waals surface area (Å²) in [6.07, 6.45) is 6.87. The van der Waals surface area contributed by atoms with E-state index >= 15 is 0 Å². The van der Waals surface area contributed by atoms with Gasteiger partial charge in [-0.15, -0.1) is 6.58 Å². The molecule has 1 saturated heterocycles. The first-order valence-corrected chi connectivity index (χ1v) is 6.36. The molecule has 2 unspecified atom stereocenters. The minimum atomic E-state index is 0.346. The van der Waals surface area contributed by atoms with Gasteiger partial charge in [-0.2, -0.15) is 0 Å². The van der Waals surface area contributed by atoms with Crippen LogP contribution in [0, 0.1) is 0 Å². The summed E-state index contributed by atoms with van der Waals surface area (Å²) in [5, 5.41) is 3.43. The van der Waals surface area contributed by atoms with Crippen LogP contribution in [0.15, 0.2) is 12.7 Å². The summed E-state index contributed by atoms with van der Waals surface area (Å²) in [5.74, 6) is 0. The Balaban J connectivity index is 1.85.